The molecule has 5 heterocycles. The summed E-state index contributed by atoms with van der Waals surface area (Å²) in [6, 6.07) is 16.5. The summed E-state index contributed by atoms with van der Waals surface area (Å²) in [4.78, 5) is 25.0. The summed E-state index contributed by atoms with van der Waals surface area (Å²) >= 11 is 0. The minimum Gasteiger partial charge on any atom is -0.495 e. The Morgan fingerprint density at radius 3 is 2.62 bits per heavy atom. The Morgan fingerprint density at radius 1 is 1.00 bits per heavy atom. The average molecular weight is 631 g/mol. The predicted octanol–water partition coefficient (Wildman–Crippen LogP) is 5.33. The van der Waals surface area contributed by atoms with E-state index in [0.29, 0.717) is 35.0 Å². The summed E-state index contributed by atoms with van der Waals surface area (Å²) in [7, 11) is 3.51. The van der Waals surface area contributed by atoms with Crippen LogP contribution in [0.1, 0.15) is 53.9 Å². The number of nitrogen functional groups attached to an aromatic ring is 1. The van der Waals surface area contributed by atoms with Crippen molar-refractivity contribution in [2.45, 2.75) is 57.8 Å². The standard InChI is InChI=1S/C35H38N10O2/c1-21-40-41-31-19-43(14-15-44(21)31)24-9-11-25(12-10-24)45-18-26(32-33(36)37-20-38-34(32)45)22-8-13-27(30(17-22)47-3)39-35(46)29-16-23-6-4-5-7-28(23)42(29)2/h4-8,13,16-18,20,24-25H,9-12,14-15,19H2,1-3H3,(H,39,46)(H2,36,37,38)/t24-,25+. The predicted molar refractivity (Wildman–Crippen MR) is 181 cm³/mol. The number of nitrogens with two attached hydrogens (primary N) is 1. The molecule has 0 unspecified atom stereocenters. The van der Waals surface area contributed by atoms with E-state index >= 15 is 0 Å². The Balaban J connectivity index is 1.05. The first-order valence-corrected chi connectivity index (χ1v) is 16.2. The van der Waals surface area contributed by atoms with E-state index < -0.39 is 0 Å². The van der Waals surface area contributed by atoms with Crippen molar-refractivity contribution in [3.8, 4) is 16.9 Å². The zero-order chi connectivity index (χ0) is 32.2. The molecule has 4 aromatic heterocycles. The molecule has 12 nitrogen and oxygen atoms in total. The van der Waals surface area contributed by atoms with Crippen LogP contribution in [-0.4, -0.2) is 64.4 Å². The van der Waals surface area contributed by atoms with Gasteiger partial charge in [0.1, 0.15) is 40.9 Å². The van der Waals surface area contributed by atoms with Crippen LogP contribution in [0.15, 0.2) is 61.1 Å². The van der Waals surface area contributed by atoms with Crippen molar-refractivity contribution < 1.29 is 9.53 Å². The number of nitrogens with one attached hydrogen (secondary N) is 1. The highest BCUT2D eigenvalue weighted by Gasteiger charge is 2.31. The third-order valence-corrected chi connectivity index (χ3v) is 10.1. The fourth-order valence-corrected chi connectivity index (χ4v) is 7.60. The lowest BCUT2D eigenvalue weighted by Gasteiger charge is -2.39. The minimum atomic E-state index is -0.207. The maximum atomic E-state index is 13.4. The van der Waals surface area contributed by atoms with E-state index in [9.17, 15) is 4.79 Å². The fourth-order valence-electron chi connectivity index (χ4n) is 7.60. The molecule has 2 aliphatic rings. The SMILES string of the molecule is COc1cc(-c2cn([C@H]3CC[C@@H](N4CCn5c(C)nnc5C4)CC3)c3ncnc(N)c23)ccc1NC(=O)c1cc2ccccc2n1C. The summed E-state index contributed by atoms with van der Waals surface area (Å²) in [5.74, 6) is 2.86. The molecule has 0 bridgehead atoms. The van der Waals surface area contributed by atoms with Crippen molar-refractivity contribution in [3.63, 3.8) is 0 Å². The molecular formula is C35H38N10O2. The Bertz CT molecular complexity index is 2140. The summed E-state index contributed by atoms with van der Waals surface area (Å²) in [6.07, 6.45) is 8.00. The van der Waals surface area contributed by atoms with E-state index in [1.165, 1.54) is 0 Å². The molecule has 6 aromatic rings. The van der Waals surface area contributed by atoms with Crippen LogP contribution in [0, 0.1) is 6.92 Å². The van der Waals surface area contributed by atoms with Gasteiger partial charge < -0.3 is 29.5 Å². The maximum Gasteiger partial charge on any atom is 0.272 e. The van der Waals surface area contributed by atoms with Gasteiger partial charge in [0.25, 0.3) is 5.91 Å². The normalized spacial score (nSPS) is 18.4. The molecule has 2 aromatic carbocycles. The van der Waals surface area contributed by atoms with Crippen molar-refractivity contribution in [2.75, 3.05) is 24.7 Å². The van der Waals surface area contributed by atoms with Gasteiger partial charge in [0, 0.05) is 54.9 Å². The molecule has 240 valence electrons. The van der Waals surface area contributed by atoms with Crippen LogP contribution >= 0.6 is 0 Å². The van der Waals surface area contributed by atoms with Gasteiger partial charge in [-0.15, -0.1) is 10.2 Å². The van der Waals surface area contributed by atoms with Crippen LogP contribution in [0.5, 0.6) is 5.75 Å². The molecule has 1 aliphatic carbocycles. The van der Waals surface area contributed by atoms with Gasteiger partial charge in [-0.3, -0.25) is 9.69 Å². The first-order chi connectivity index (χ1) is 22.9. The number of benzene rings is 2. The molecule has 12 heteroatoms. The number of nitrogens with zero attached hydrogens (tertiary/aromatic N) is 8. The second-order valence-electron chi connectivity index (χ2n) is 12.7. The molecule has 0 saturated heterocycles. The van der Waals surface area contributed by atoms with E-state index in [1.807, 2.05) is 67.1 Å². The Kier molecular flexibility index (Phi) is 7.16. The molecule has 0 spiro atoms. The number of hydrogen-bond donors (Lipinski definition) is 2. The number of carbonyl (C=O) groups is 1. The topological polar surface area (TPSA) is 134 Å². The molecule has 1 fully saturated rings. The maximum absolute atomic E-state index is 13.4. The number of para-hydroxylation sites is 1. The first-order valence-electron chi connectivity index (χ1n) is 16.2. The number of amides is 1. The molecule has 1 amide bonds. The molecule has 0 radical (unpaired) electrons. The van der Waals surface area contributed by atoms with E-state index in [4.69, 9.17) is 15.5 Å². The van der Waals surface area contributed by atoms with Crippen molar-refractivity contribution >= 4 is 39.3 Å². The van der Waals surface area contributed by atoms with Crippen molar-refractivity contribution in [3.05, 3.63) is 78.4 Å². The number of ether oxygens (including phenoxy) is 1. The number of rotatable bonds is 6. The second kappa shape index (κ2) is 11.5. The number of aryl methyl sites for hydroxylation is 2. The van der Waals surface area contributed by atoms with Crippen molar-refractivity contribution in [1.29, 1.82) is 0 Å². The van der Waals surface area contributed by atoms with Crippen LogP contribution < -0.4 is 15.8 Å². The number of anilines is 2. The van der Waals surface area contributed by atoms with Gasteiger partial charge >= 0.3 is 0 Å². The van der Waals surface area contributed by atoms with Crippen LogP contribution in [0.2, 0.25) is 0 Å². The van der Waals surface area contributed by atoms with Gasteiger partial charge in [-0.05, 0) is 62.4 Å². The third-order valence-electron chi connectivity index (χ3n) is 10.1. The van der Waals surface area contributed by atoms with Gasteiger partial charge in [0.15, 0.2) is 0 Å². The van der Waals surface area contributed by atoms with Gasteiger partial charge in [-0.1, -0.05) is 24.3 Å². The largest absolute Gasteiger partial charge is 0.495 e. The first kappa shape index (κ1) is 29.2. The number of fused-ring (bicyclic) bond motifs is 3. The van der Waals surface area contributed by atoms with Crippen LogP contribution in [0.3, 0.4) is 0 Å². The van der Waals surface area contributed by atoms with Crippen LogP contribution in [-0.2, 0) is 20.1 Å². The van der Waals surface area contributed by atoms with Gasteiger partial charge in [0.05, 0.1) is 24.7 Å². The van der Waals surface area contributed by atoms with Gasteiger partial charge in [0.2, 0.25) is 0 Å². The lowest BCUT2D eigenvalue weighted by molar-refractivity contribution is 0.101. The summed E-state index contributed by atoms with van der Waals surface area (Å²) < 4.78 is 12.2. The average Bonchev–Trinajstić information content (AvgIpc) is 3.78. The summed E-state index contributed by atoms with van der Waals surface area (Å²) in [5.41, 5.74) is 11.3. The molecule has 1 saturated carbocycles. The van der Waals surface area contributed by atoms with E-state index in [-0.39, 0.29) is 5.91 Å². The summed E-state index contributed by atoms with van der Waals surface area (Å²) in [6.45, 7) is 4.86. The molecule has 47 heavy (non-hydrogen) atoms. The Labute approximate surface area is 272 Å². The van der Waals surface area contributed by atoms with Gasteiger partial charge in [-0.25, -0.2) is 9.97 Å². The van der Waals surface area contributed by atoms with Crippen LogP contribution in [0.4, 0.5) is 11.5 Å². The van der Waals surface area contributed by atoms with Gasteiger partial charge in [-0.2, -0.15) is 0 Å². The molecule has 1 aliphatic heterocycles. The smallest absolute Gasteiger partial charge is 0.272 e. The number of aromatic nitrogens is 7. The molecular weight excluding hydrogens is 592 g/mol. The zero-order valence-corrected chi connectivity index (χ0v) is 26.8. The molecule has 0 atom stereocenters. The quantitative estimate of drug-likeness (QED) is 0.252. The fraction of sp³-hybridized carbons (Fsp3) is 0.343. The number of hydrogen-bond acceptors (Lipinski definition) is 8. The Hall–Kier alpha value is -5.23. The monoisotopic (exact) mass is 630 g/mol. The van der Waals surface area contributed by atoms with E-state index in [2.05, 4.69) is 40.7 Å². The number of carbonyl (C=O) groups excluding carboxylic acids is 1. The summed E-state index contributed by atoms with van der Waals surface area (Å²) in [5, 5.41) is 13.6. The van der Waals surface area contributed by atoms with Crippen molar-refractivity contribution in [2.24, 2.45) is 7.05 Å². The van der Waals surface area contributed by atoms with E-state index in [1.54, 1.807) is 13.4 Å². The second-order valence-corrected chi connectivity index (χ2v) is 12.7. The van der Waals surface area contributed by atoms with Crippen LogP contribution in [0.25, 0.3) is 33.1 Å². The highest BCUT2D eigenvalue weighted by molar-refractivity contribution is 6.07. The van der Waals surface area contributed by atoms with Crippen molar-refractivity contribution in [1.82, 2.24) is 38.8 Å². The third kappa shape index (κ3) is 4.99. The lowest BCUT2D eigenvalue weighted by atomic mass is 9.89. The highest BCUT2D eigenvalue weighted by Crippen LogP contribution is 2.41. The Morgan fingerprint density at radius 2 is 1.81 bits per heavy atom. The van der Waals surface area contributed by atoms with E-state index in [0.717, 1.165) is 90.0 Å². The highest BCUT2D eigenvalue weighted by atomic mass is 16.5. The minimum absolute atomic E-state index is 0.207. The molecule has 3 N–H and O–H groups in total. The zero-order valence-electron chi connectivity index (χ0n) is 26.8. The molecule has 8 rings (SSSR count). The lowest BCUT2D eigenvalue weighted by Crippen LogP contribution is -2.43. The number of methoxy groups -OCH3 is 1.